The number of fused-ring (bicyclic) bond motifs is 1. The van der Waals surface area contributed by atoms with Crippen molar-refractivity contribution in [3.05, 3.63) is 56.1 Å². The van der Waals surface area contributed by atoms with E-state index in [9.17, 15) is 25.0 Å². The van der Waals surface area contributed by atoms with E-state index < -0.39 is 21.5 Å². The van der Waals surface area contributed by atoms with Crippen molar-refractivity contribution in [3.8, 4) is 0 Å². The zero-order valence-electron chi connectivity index (χ0n) is 9.27. The summed E-state index contributed by atoms with van der Waals surface area (Å²) in [5, 5.41) is 30.5. The Morgan fingerprint density at radius 1 is 1.00 bits per heavy atom. The quantitative estimate of drug-likeness (QED) is 0.668. The second-order valence-corrected chi connectivity index (χ2v) is 3.65. The Labute approximate surface area is 105 Å². The predicted octanol–water partition coefficient (Wildman–Crippen LogP) is 2.35. The third-order valence-corrected chi connectivity index (χ3v) is 2.62. The van der Waals surface area contributed by atoms with Gasteiger partial charge in [-0.3, -0.25) is 20.2 Å². The molecular weight excluding hydrogens is 256 g/mol. The lowest BCUT2D eigenvalue weighted by atomic mass is 10.0. The SMILES string of the molecule is O=C(O)c1ccc([N+](=O)[O-])c2cccc([N+](=O)[O-])c12. The van der Waals surface area contributed by atoms with E-state index in [1.165, 1.54) is 12.1 Å². The number of hydrogen-bond acceptors (Lipinski definition) is 5. The van der Waals surface area contributed by atoms with Crippen LogP contribution in [0.3, 0.4) is 0 Å². The molecule has 2 aromatic carbocycles. The van der Waals surface area contributed by atoms with Gasteiger partial charge in [0.15, 0.2) is 0 Å². The van der Waals surface area contributed by atoms with Gasteiger partial charge in [0, 0.05) is 12.1 Å². The van der Waals surface area contributed by atoms with Crippen LogP contribution in [-0.2, 0) is 0 Å². The number of carboxylic acids is 1. The Morgan fingerprint density at radius 3 is 2.16 bits per heavy atom. The molecule has 0 radical (unpaired) electrons. The molecule has 0 atom stereocenters. The maximum atomic E-state index is 11.1. The fourth-order valence-electron chi connectivity index (χ4n) is 1.86. The maximum Gasteiger partial charge on any atom is 0.336 e. The van der Waals surface area contributed by atoms with E-state index in [1.807, 2.05) is 0 Å². The first-order chi connectivity index (χ1) is 8.93. The van der Waals surface area contributed by atoms with Crippen LogP contribution in [0.4, 0.5) is 11.4 Å². The van der Waals surface area contributed by atoms with Gasteiger partial charge in [-0.25, -0.2) is 4.79 Å². The van der Waals surface area contributed by atoms with E-state index in [0.29, 0.717) is 0 Å². The summed E-state index contributed by atoms with van der Waals surface area (Å²) >= 11 is 0. The molecule has 96 valence electrons. The molecule has 8 nitrogen and oxygen atoms in total. The second kappa shape index (κ2) is 4.33. The Bertz CT molecular complexity index is 704. The monoisotopic (exact) mass is 262 g/mol. The highest BCUT2D eigenvalue weighted by Gasteiger charge is 2.24. The smallest absolute Gasteiger partial charge is 0.336 e. The first-order valence-electron chi connectivity index (χ1n) is 5.01. The Morgan fingerprint density at radius 2 is 1.63 bits per heavy atom. The summed E-state index contributed by atoms with van der Waals surface area (Å²) in [5.41, 5.74) is -1.18. The van der Waals surface area contributed by atoms with Crippen LogP contribution in [-0.4, -0.2) is 20.9 Å². The van der Waals surface area contributed by atoms with Crippen molar-refractivity contribution in [2.45, 2.75) is 0 Å². The molecule has 2 rings (SSSR count). The molecule has 0 bridgehead atoms. The minimum Gasteiger partial charge on any atom is -0.478 e. The van der Waals surface area contributed by atoms with Crippen molar-refractivity contribution in [2.24, 2.45) is 0 Å². The minimum absolute atomic E-state index is 0.0703. The molecule has 0 aliphatic carbocycles. The van der Waals surface area contributed by atoms with Crippen molar-refractivity contribution in [1.29, 1.82) is 0 Å². The van der Waals surface area contributed by atoms with Gasteiger partial charge in [0.25, 0.3) is 11.4 Å². The molecule has 0 unspecified atom stereocenters. The van der Waals surface area contributed by atoms with Gasteiger partial charge in [0.1, 0.15) is 0 Å². The first-order valence-corrected chi connectivity index (χ1v) is 5.01. The van der Waals surface area contributed by atoms with E-state index in [4.69, 9.17) is 5.11 Å². The fraction of sp³-hybridized carbons (Fsp3) is 0. The van der Waals surface area contributed by atoms with Gasteiger partial charge in [0.05, 0.1) is 26.2 Å². The van der Waals surface area contributed by atoms with Crippen LogP contribution in [0.5, 0.6) is 0 Å². The number of hydrogen-bond donors (Lipinski definition) is 1. The average molecular weight is 262 g/mol. The van der Waals surface area contributed by atoms with Crippen LogP contribution >= 0.6 is 0 Å². The number of aromatic carboxylic acids is 1. The van der Waals surface area contributed by atoms with Gasteiger partial charge in [0.2, 0.25) is 0 Å². The number of carbonyl (C=O) groups is 1. The molecule has 19 heavy (non-hydrogen) atoms. The van der Waals surface area contributed by atoms with Crippen LogP contribution < -0.4 is 0 Å². The van der Waals surface area contributed by atoms with Crippen LogP contribution in [0, 0.1) is 20.2 Å². The van der Waals surface area contributed by atoms with Crippen molar-refractivity contribution < 1.29 is 19.7 Å². The molecule has 2 aromatic rings. The summed E-state index contributed by atoms with van der Waals surface area (Å²) in [7, 11) is 0. The molecule has 0 heterocycles. The highest BCUT2D eigenvalue weighted by atomic mass is 16.6. The van der Waals surface area contributed by atoms with Crippen LogP contribution in [0.15, 0.2) is 30.3 Å². The number of nitro groups is 2. The summed E-state index contributed by atoms with van der Waals surface area (Å²) in [6, 6.07) is 5.69. The van der Waals surface area contributed by atoms with E-state index >= 15 is 0 Å². The molecule has 0 spiro atoms. The molecule has 0 aromatic heterocycles. The van der Waals surface area contributed by atoms with Crippen LogP contribution in [0.1, 0.15) is 10.4 Å². The maximum absolute atomic E-state index is 11.1. The van der Waals surface area contributed by atoms with E-state index in [2.05, 4.69) is 0 Å². The lowest BCUT2D eigenvalue weighted by Gasteiger charge is -2.04. The van der Waals surface area contributed by atoms with Gasteiger partial charge in [-0.2, -0.15) is 0 Å². The van der Waals surface area contributed by atoms with Crippen molar-refractivity contribution in [2.75, 3.05) is 0 Å². The molecule has 0 saturated carbocycles. The number of carboxylic acid groups (broad SMARTS) is 1. The summed E-state index contributed by atoms with van der Waals surface area (Å²) in [4.78, 5) is 31.4. The molecule has 0 aliphatic heterocycles. The lowest BCUT2D eigenvalue weighted by Crippen LogP contribution is -2.02. The van der Waals surface area contributed by atoms with Gasteiger partial charge in [-0.15, -0.1) is 0 Å². The summed E-state index contributed by atoms with van der Waals surface area (Å²) in [5.74, 6) is -1.38. The highest BCUT2D eigenvalue weighted by molar-refractivity contribution is 6.10. The number of non-ortho nitro benzene ring substituents is 2. The second-order valence-electron chi connectivity index (χ2n) is 3.65. The van der Waals surface area contributed by atoms with Crippen molar-refractivity contribution in [1.82, 2.24) is 0 Å². The summed E-state index contributed by atoms with van der Waals surface area (Å²) in [6.45, 7) is 0. The average Bonchev–Trinajstić information content (AvgIpc) is 2.35. The molecule has 0 fully saturated rings. The Balaban J connectivity index is 3.01. The van der Waals surface area contributed by atoms with Crippen LogP contribution in [0.2, 0.25) is 0 Å². The lowest BCUT2D eigenvalue weighted by molar-refractivity contribution is -0.384. The van der Waals surface area contributed by atoms with Gasteiger partial charge < -0.3 is 5.11 Å². The molecular formula is C11H6N2O6. The Kier molecular flexibility index (Phi) is 2.83. The standard InChI is InChI=1S/C11H6N2O6/c14-11(15)7-4-5-8(12(16)17)6-2-1-3-9(10(6)7)13(18)19/h1-5H,(H,14,15). The largest absolute Gasteiger partial charge is 0.478 e. The topological polar surface area (TPSA) is 124 Å². The third-order valence-electron chi connectivity index (χ3n) is 2.62. The van der Waals surface area contributed by atoms with Crippen LogP contribution in [0.25, 0.3) is 10.8 Å². The highest BCUT2D eigenvalue weighted by Crippen LogP contribution is 2.34. The van der Waals surface area contributed by atoms with Gasteiger partial charge in [-0.05, 0) is 12.1 Å². The number of nitrogens with zero attached hydrogens (tertiary/aromatic N) is 2. The van der Waals surface area contributed by atoms with Gasteiger partial charge >= 0.3 is 5.97 Å². The van der Waals surface area contributed by atoms with E-state index in [0.717, 1.165) is 18.2 Å². The summed E-state index contributed by atoms with van der Waals surface area (Å²) < 4.78 is 0. The molecule has 0 aliphatic rings. The molecule has 1 N–H and O–H groups in total. The first kappa shape index (κ1) is 12.4. The third kappa shape index (κ3) is 1.95. The molecule has 0 saturated heterocycles. The number of rotatable bonds is 3. The van der Waals surface area contributed by atoms with Crippen molar-refractivity contribution >= 4 is 28.1 Å². The Hall–Kier alpha value is -3.03. The number of benzene rings is 2. The normalized spacial score (nSPS) is 10.3. The summed E-state index contributed by atoms with van der Waals surface area (Å²) in [6.07, 6.45) is 0. The minimum atomic E-state index is -1.38. The molecule has 8 heteroatoms. The fourth-order valence-corrected chi connectivity index (χ4v) is 1.86. The zero-order valence-corrected chi connectivity index (χ0v) is 9.27. The van der Waals surface area contributed by atoms with Gasteiger partial charge in [-0.1, -0.05) is 6.07 Å². The molecule has 0 amide bonds. The van der Waals surface area contributed by atoms with E-state index in [-0.39, 0.29) is 22.0 Å². The van der Waals surface area contributed by atoms with Crippen molar-refractivity contribution in [3.63, 3.8) is 0 Å². The predicted molar refractivity (Wildman–Crippen MR) is 64.2 cm³/mol. The van der Waals surface area contributed by atoms with E-state index in [1.54, 1.807) is 0 Å². The number of nitro benzene ring substituents is 2. The zero-order chi connectivity index (χ0) is 14.2.